The van der Waals surface area contributed by atoms with Gasteiger partial charge in [-0.1, -0.05) is 0 Å². The largest absolute Gasteiger partial charge is 0.285 e. The van der Waals surface area contributed by atoms with Gasteiger partial charge in [-0.2, -0.15) is 5.10 Å². The van der Waals surface area contributed by atoms with Crippen molar-refractivity contribution in [3.8, 4) is 0 Å². The molecule has 2 N–H and O–H groups in total. The van der Waals surface area contributed by atoms with Gasteiger partial charge in [0.15, 0.2) is 0 Å². The average Bonchev–Trinajstić information content (AvgIpc) is 2.34. The molecule has 0 radical (unpaired) electrons. The molecule has 10 heavy (non-hydrogen) atoms. The molecule has 0 fully saturated rings. The van der Waals surface area contributed by atoms with Gasteiger partial charge in [-0.3, -0.25) is 5.10 Å². The summed E-state index contributed by atoms with van der Waals surface area (Å²) in [5, 5.41) is 6.78. The van der Waals surface area contributed by atoms with E-state index in [1.54, 1.807) is 0 Å². The van der Waals surface area contributed by atoms with E-state index in [4.69, 9.17) is 11.8 Å². The summed E-state index contributed by atoms with van der Waals surface area (Å²) in [5.41, 5.74) is 2.09. The molecule has 4 heteroatoms. The lowest BCUT2D eigenvalue weighted by Gasteiger charge is -2.04. The maximum atomic E-state index is 5.41. The third-order valence-corrected chi connectivity index (χ3v) is 1.77. The summed E-state index contributed by atoms with van der Waals surface area (Å²) in [7, 11) is 0. The van der Waals surface area contributed by atoms with E-state index < -0.39 is 0 Å². The van der Waals surface area contributed by atoms with Crippen LogP contribution in [0.5, 0.6) is 0 Å². The van der Waals surface area contributed by atoms with E-state index >= 15 is 0 Å². The minimum atomic E-state index is 0.105. The Labute approximate surface area is 64.9 Å². The van der Waals surface area contributed by atoms with Crippen LogP contribution < -0.4 is 4.84 Å². The molecule has 0 aliphatic carbocycles. The monoisotopic (exact) mass is 159 g/mol. The smallest absolute Gasteiger partial charge is 0.0830 e. The van der Waals surface area contributed by atoms with Crippen molar-refractivity contribution in [2.45, 2.75) is 19.9 Å². The summed E-state index contributed by atoms with van der Waals surface area (Å²) >= 11 is 5.41. The van der Waals surface area contributed by atoms with Crippen LogP contribution in [-0.2, 0) is 0 Å². The molecule has 0 aliphatic rings. The average molecular weight is 160 g/mol. The van der Waals surface area contributed by atoms with E-state index in [0.29, 0.717) is 0 Å². The molecular weight excluding hydrogens is 150 g/mol. The second kappa shape index (κ2) is 3.03. The molecule has 0 amide bonds. The molecule has 1 unspecified atom stereocenters. The van der Waals surface area contributed by atoms with Gasteiger partial charge in [0.1, 0.15) is 0 Å². The van der Waals surface area contributed by atoms with Gasteiger partial charge in [0.05, 0.1) is 11.7 Å². The van der Waals surface area contributed by atoms with Crippen LogP contribution in [0, 0.1) is 6.92 Å². The first-order valence-corrected chi connectivity index (χ1v) is 3.50. The van der Waals surface area contributed by atoms with Gasteiger partial charge in [-0.05, 0) is 31.2 Å². The molecule has 1 rings (SSSR count). The third kappa shape index (κ3) is 1.30. The molecule has 56 valence electrons. The molecule has 1 aromatic heterocycles. The first-order valence-electron chi connectivity index (χ1n) is 3.12. The lowest BCUT2D eigenvalue weighted by molar-refractivity contribution is 0.706. The highest BCUT2D eigenvalue weighted by molar-refractivity contribution is 6.13. The molecule has 1 atom stereocenters. The van der Waals surface area contributed by atoms with E-state index in [2.05, 4.69) is 15.0 Å². The second-order valence-electron chi connectivity index (χ2n) is 2.28. The van der Waals surface area contributed by atoms with Crippen molar-refractivity contribution in [2.24, 2.45) is 0 Å². The lowest BCUT2D eigenvalue weighted by Crippen LogP contribution is -2.08. The molecule has 0 saturated carbocycles. The van der Waals surface area contributed by atoms with Crippen molar-refractivity contribution in [2.75, 3.05) is 0 Å². The number of halogens is 1. The molecular formula is C6H10ClN3. The SMILES string of the molecule is Cc1c[nH]nc1C(C)NCl. The van der Waals surface area contributed by atoms with Gasteiger partial charge >= 0.3 is 0 Å². The minimum Gasteiger partial charge on any atom is -0.285 e. The summed E-state index contributed by atoms with van der Waals surface area (Å²) < 4.78 is 0. The number of aromatic amines is 1. The van der Waals surface area contributed by atoms with Gasteiger partial charge in [0.2, 0.25) is 0 Å². The summed E-state index contributed by atoms with van der Waals surface area (Å²) in [6.07, 6.45) is 1.85. The molecule has 0 aliphatic heterocycles. The van der Waals surface area contributed by atoms with Crippen LogP contribution in [0.1, 0.15) is 24.2 Å². The Morgan fingerprint density at radius 3 is 2.90 bits per heavy atom. The maximum Gasteiger partial charge on any atom is 0.0830 e. The zero-order chi connectivity index (χ0) is 7.56. The predicted molar refractivity (Wildman–Crippen MR) is 40.7 cm³/mol. The fourth-order valence-corrected chi connectivity index (χ4v) is 0.954. The summed E-state index contributed by atoms with van der Waals surface area (Å²) in [5.74, 6) is 0. The number of rotatable bonds is 2. The third-order valence-electron chi connectivity index (χ3n) is 1.44. The lowest BCUT2D eigenvalue weighted by atomic mass is 10.2. The molecule has 3 nitrogen and oxygen atoms in total. The predicted octanol–water partition coefficient (Wildman–Crippen LogP) is 1.52. The van der Waals surface area contributed by atoms with E-state index in [1.807, 2.05) is 20.0 Å². The van der Waals surface area contributed by atoms with Gasteiger partial charge in [0.25, 0.3) is 0 Å². The minimum absolute atomic E-state index is 0.105. The molecule has 0 bridgehead atoms. The highest BCUT2D eigenvalue weighted by Crippen LogP contribution is 2.12. The number of nitrogens with zero attached hydrogens (tertiary/aromatic N) is 1. The Morgan fingerprint density at radius 2 is 2.50 bits per heavy atom. The van der Waals surface area contributed by atoms with Crippen LogP contribution in [-0.4, -0.2) is 10.2 Å². The summed E-state index contributed by atoms with van der Waals surface area (Å²) in [6.45, 7) is 3.94. The van der Waals surface area contributed by atoms with Gasteiger partial charge in [-0.15, -0.1) is 0 Å². The van der Waals surface area contributed by atoms with Crippen LogP contribution in [0.25, 0.3) is 0 Å². The highest BCUT2D eigenvalue weighted by Gasteiger charge is 2.08. The Bertz CT molecular complexity index is 209. The van der Waals surface area contributed by atoms with E-state index in [0.717, 1.165) is 11.3 Å². The Hall–Kier alpha value is -0.540. The first-order chi connectivity index (χ1) is 4.75. The normalized spacial score (nSPS) is 13.5. The zero-order valence-electron chi connectivity index (χ0n) is 5.98. The number of hydrogen-bond donors (Lipinski definition) is 2. The molecule has 0 spiro atoms. The van der Waals surface area contributed by atoms with Crippen molar-refractivity contribution < 1.29 is 0 Å². The Morgan fingerprint density at radius 1 is 1.80 bits per heavy atom. The Kier molecular flexibility index (Phi) is 2.29. The topological polar surface area (TPSA) is 40.7 Å². The molecule has 0 saturated heterocycles. The first kappa shape index (κ1) is 7.57. The van der Waals surface area contributed by atoms with Gasteiger partial charge < -0.3 is 0 Å². The molecule has 1 heterocycles. The number of aromatic nitrogens is 2. The van der Waals surface area contributed by atoms with Crippen molar-refractivity contribution in [3.05, 3.63) is 17.5 Å². The van der Waals surface area contributed by atoms with Crippen LogP contribution in [0.15, 0.2) is 6.20 Å². The maximum absolute atomic E-state index is 5.41. The van der Waals surface area contributed by atoms with Crippen molar-refractivity contribution in [1.29, 1.82) is 0 Å². The molecule has 0 aromatic carbocycles. The van der Waals surface area contributed by atoms with E-state index in [1.165, 1.54) is 0 Å². The van der Waals surface area contributed by atoms with Crippen LogP contribution in [0.4, 0.5) is 0 Å². The Balaban J connectivity index is 2.82. The fraction of sp³-hybridized carbons (Fsp3) is 0.500. The summed E-state index contributed by atoms with van der Waals surface area (Å²) in [4.78, 5) is 2.60. The summed E-state index contributed by atoms with van der Waals surface area (Å²) in [6, 6.07) is 0.105. The number of nitrogens with one attached hydrogen (secondary N) is 2. The quantitative estimate of drug-likeness (QED) is 0.643. The standard InChI is InChI=1S/C6H10ClN3/c1-4-3-8-10-6(4)5(2)9-7/h3,5,9H,1-2H3,(H,8,10). The van der Waals surface area contributed by atoms with E-state index in [-0.39, 0.29) is 6.04 Å². The number of hydrogen-bond acceptors (Lipinski definition) is 2. The van der Waals surface area contributed by atoms with Crippen molar-refractivity contribution >= 4 is 11.8 Å². The van der Waals surface area contributed by atoms with Crippen LogP contribution >= 0.6 is 11.8 Å². The van der Waals surface area contributed by atoms with Crippen molar-refractivity contribution in [1.82, 2.24) is 15.0 Å². The van der Waals surface area contributed by atoms with Crippen LogP contribution in [0.2, 0.25) is 0 Å². The van der Waals surface area contributed by atoms with E-state index in [9.17, 15) is 0 Å². The zero-order valence-corrected chi connectivity index (χ0v) is 6.74. The van der Waals surface area contributed by atoms with Gasteiger partial charge in [0, 0.05) is 6.20 Å². The second-order valence-corrected chi connectivity index (χ2v) is 2.50. The molecule has 1 aromatic rings. The highest BCUT2D eigenvalue weighted by atomic mass is 35.5. The van der Waals surface area contributed by atoms with Gasteiger partial charge in [-0.25, -0.2) is 4.84 Å². The number of aryl methyl sites for hydroxylation is 1. The number of H-pyrrole nitrogens is 1. The fourth-order valence-electron chi connectivity index (χ4n) is 0.851. The van der Waals surface area contributed by atoms with Crippen molar-refractivity contribution in [3.63, 3.8) is 0 Å². The van der Waals surface area contributed by atoms with Crippen LogP contribution in [0.3, 0.4) is 0 Å².